The zero-order chi connectivity index (χ0) is 9.64. The quantitative estimate of drug-likeness (QED) is 0.664. The summed E-state index contributed by atoms with van der Waals surface area (Å²) in [5.41, 5.74) is -0.173. The summed E-state index contributed by atoms with van der Waals surface area (Å²) in [4.78, 5) is 0. The van der Waals surface area contributed by atoms with Gasteiger partial charge in [-0.05, 0) is 17.6 Å². The molecule has 0 bridgehead atoms. The van der Waals surface area contributed by atoms with Gasteiger partial charge in [-0.25, -0.2) is 0 Å². The fourth-order valence-corrected chi connectivity index (χ4v) is 1.68. The molecule has 1 unspecified atom stereocenters. The van der Waals surface area contributed by atoms with Crippen molar-refractivity contribution < 1.29 is 14.2 Å². The van der Waals surface area contributed by atoms with Crippen molar-refractivity contribution in [1.82, 2.24) is 0 Å². The van der Waals surface area contributed by atoms with Gasteiger partial charge in [-0.2, -0.15) is 0 Å². The van der Waals surface area contributed by atoms with Crippen molar-refractivity contribution in [2.75, 3.05) is 6.61 Å². The molecule has 0 aromatic carbocycles. The SMILES string of the molecule is C1=COC(C2=COCC=CO2)SC=C1. The molecule has 2 aliphatic heterocycles. The Morgan fingerprint density at radius 2 is 2.29 bits per heavy atom. The minimum absolute atomic E-state index is 0.173. The number of allylic oxidation sites excluding steroid dienone is 2. The van der Waals surface area contributed by atoms with E-state index in [1.54, 1.807) is 24.9 Å². The third kappa shape index (κ3) is 2.35. The number of ether oxygens (including phenoxy) is 3. The van der Waals surface area contributed by atoms with Crippen LogP contribution in [0.4, 0.5) is 0 Å². The predicted molar refractivity (Wildman–Crippen MR) is 55.0 cm³/mol. The van der Waals surface area contributed by atoms with Crippen LogP contribution in [0, 0.1) is 0 Å². The molecule has 0 saturated carbocycles. The average molecular weight is 210 g/mol. The second-order valence-electron chi connectivity index (χ2n) is 2.60. The molecule has 2 aliphatic rings. The Hall–Kier alpha value is -1.29. The van der Waals surface area contributed by atoms with Crippen molar-refractivity contribution in [3.05, 3.63) is 48.2 Å². The number of thioether (sulfide) groups is 1. The average Bonchev–Trinajstić information content (AvgIpc) is 2.62. The first-order valence-corrected chi connectivity index (χ1v) is 5.17. The van der Waals surface area contributed by atoms with Gasteiger partial charge < -0.3 is 14.2 Å². The van der Waals surface area contributed by atoms with Crippen molar-refractivity contribution in [2.24, 2.45) is 0 Å². The van der Waals surface area contributed by atoms with Gasteiger partial charge in [-0.1, -0.05) is 17.8 Å². The van der Waals surface area contributed by atoms with Crippen LogP contribution in [-0.4, -0.2) is 12.0 Å². The van der Waals surface area contributed by atoms with E-state index in [0.29, 0.717) is 12.4 Å². The maximum absolute atomic E-state index is 5.41. The molecule has 0 aliphatic carbocycles. The van der Waals surface area contributed by atoms with E-state index in [9.17, 15) is 0 Å². The Morgan fingerprint density at radius 3 is 3.29 bits per heavy atom. The van der Waals surface area contributed by atoms with E-state index in [4.69, 9.17) is 14.2 Å². The van der Waals surface area contributed by atoms with Crippen molar-refractivity contribution in [3.8, 4) is 0 Å². The molecule has 0 spiro atoms. The second-order valence-corrected chi connectivity index (χ2v) is 3.58. The van der Waals surface area contributed by atoms with Crippen LogP contribution in [0.3, 0.4) is 0 Å². The zero-order valence-corrected chi connectivity index (χ0v) is 8.28. The number of hydrogen-bond donors (Lipinski definition) is 0. The van der Waals surface area contributed by atoms with Crippen molar-refractivity contribution in [2.45, 2.75) is 5.44 Å². The van der Waals surface area contributed by atoms with Gasteiger partial charge in [0, 0.05) is 0 Å². The van der Waals surface area contributed by atoms with Crippen LogP contribution in [0.15, 0.2) is 48.2 Å². The maximum atomic E-state index is 5.41. The molecule has 3 nitrogen and oxygen atoms in total. The van der Waals surface area contributed by atoms with Crippen LogP contribution in [0.1, 0.15) is 0 Å². The molecule has 74 valence electrons. The molecule has 0 amide bonds. The standard InChI is InChI=1S/C10H10O3S/c1-2-7-14-10(13-5-1)9-8-11-4-3-6-12-9/h1-3,5-8,10H,4H2. The van der Waals surface area contributed by atoms with Crippen LogP contribution in [0.2, 0.25) is 0 Å². The van der Waals surface area contributed by atoms with E-state index >= 15 is 0 Å². The monoisotopic (exact) mass is 210 g/mol. The van der Waals surface area contributed by atoms with E-state index in [1.165, 1.54) is 11.8 Å². The highest BCUT2D eigenvalue weighted by molar-refractivity contribution is 8.02. The minimum Gasteiger partial charge on any atom is -0.493 e. The lowest BCUT2D eigenvalue weighted by atomic mass is 10.5. The summed E-state index contributed by atoms with van der Waals surface area (Å²) in [5.74, 6) is 0.667. The van der Waals surface area contributed by atoms with Crippen molar-refractivity contribution >= 4 is 11.8 Å². The lowest BCUT2D eigenvalue weighted by Crippen LogP contribution is -2.08. The van der Waals surface area contributed by atoms with Crippen LogP contribution >= 0.6 is 11.8 Å². The van der Waals surface area contributed by atoms with Crippen molar-refractivity contribution in [3.63, 3.8) is 0 Å². The molecule has 2 heterocycles. The highest BCUT2D eigenvalue weighted by Crippen LogP contribution is 2.25. The second kappa shape index (κ2) is 4.81. The number of hydrogen-bond acceptors (Lipinski definition) is 4. The highest BCUT2D eigenvalue weighted by Gasteiger charge is 2.17. The fraction of sp³-hybridized carbons (Fsp3) is 0.200. The summed E-state index contributed by atoms with van der Waals surface area (Å²) in [6.07, 6.45) is 10.4. The molecular weight excluding hydrogens is 200 g/mol. The molecule has 14 heavy (non-hydrogen) atoms. The molecule has 0 fully saturated rings. The third-order valence-electron chi connectivity index (χ3n) is 1.60. The predicted octanol–water partition coefficient (Wildman–Crippen LogP) is 2.51. The molecule has 0 N–H and O–H groups in total. The smallest absolute Gasteiger partial charge is 0.208 e. The van der Waals surface area contributed by atoms with Gasteiger partial charge in [-0.3, -0.25) is 0 Å². The van der Waals surface area contributed by atoms with Gasteiger partial charge in [0.1, 0.15) is 12.9 Å². The zero-order valence-electron chi connectivity index (χ0n) is 7.46. The van der Waals surface area contributed by atoms with Gasteiger partial charge in [0.2, 0.25) is 5.44 Å². The summed E-state index contributed by atoms with van der Waals surface area (Å²) in [6, 6.07) is 0. The summed E-state index contributed by atoms with van der Waals surface area (Å²) in [5, 5.41) is 1.95. The van der Waals surface area contributed by atoms with Gasteiger partial charge >= 0.3 is 0 Å². The third-order valence-corrected chi connectivity index (χ3v) is 2.50. The van der Waals surface area contributed by atoms with E-state index in [2.05, 4.69) is 0 Å². The molecule has 0 aromatic rings. The first-order chi connectivity index (χ1) is 6.97. The molecule has 0 aromatic heterocycles. The summed E-state index contributed by atoms with van der Waals surface area (Å²) in [7, 11) is 0. The fourth-order valence-electron chi connectivity index (χ4n) is 0.981. The molecular formula is C10H10O3S. The molecule has 2 rings (SSSR count). The van der Waals surface area contributed by atoms with Crippen LogP contribution in [0.25, 0.3) is 0 Å². The van der Waals surface area contributed by atoms with E-state index in [-0.39, 0.29) is 5.44 Å². The largest absolute Gasteiger partial charge is 0.493 e. The van der Waals surface area contributed by atoms with E-state index in [0.717, 1.165) is 0 Å². The number of rotatable bonds is 1. The molecule has 4 heteroatoms. The van der Waals surface area contributed by atoms with E-state index in [1.807, 2.05) is 17.6 Å². The Labute approximate surface area is 86.7 Å². The summed E-state index contributed by atoms with van der Waals surface area (Å²) in [6.45, 7) is 0.534. The summed E-state index contributed by atoms with van der Waals surface area (Å²) < 4.78 is 15.9. The van der Waals surface area contributed by atoms with E-state index < -0.39 is 0 Å². The van der Waals surface area contributed by atoms with Gasteiger partial charge in [0.15, 0.2) is 5.76 Å². The Kier molecular flexibility index (Phi) is 3.19. The van der Waals surface area contributed by atoms with Crippen molar-refractivity contribution in [1.29, 1.82) is 0 Å². The van der Waals surface area contributed by atoms with Gasteiger partial charge in [0.05, 0.1) is 12.5 Å². The lowest BCUT2D eigenvalue weighted by molar-refractivity contribution is 0.175. The molecule has 0 radical (unpaired) electrons. The van der Waals surface area contributed by atoms with Gasteiger partial charge in [0.25, 0.3) is 0 Å². The Balaban J connectivity index is 2.05. The lowest BCUT2D eigenvalue weighted by Gasteiger charge is -2.14. The van der Waals surface area contributed by atoms with Crippen LogP contribution < -0.4 is 0 Å². The normalized spacial score (nSPS) is 25.1. The highest BCUT2D eigenvalue weighted by atomic mass is 32.2. The topological polar surface area (TPSA) is 27.7 Å². The Morgan fingerprint density at radius 1 is 1.29 bits per heavy atom. The first-order valence-electron chi connectivity index (χ1n) is 4.23. The Bertz CT molecular complexity index is 290. The first kappa shape index (κ1) is 9.27. The maximum Gasteiger partial charge on any atom is 0.208 e. The summed E-state index contributed by atoms with van der Waals surface area (Å²) >= 11 is 1.53. The van der Waals surface area contributed by atoms with Gasteiger partial charge in [-0.15, -0.1) is 0 Å². The van der Waals surface area contributed by atoms with Crippen LogP contribution in [-0.2, 0) is 14.2 Å². The minimum atomic E-state index is -0.173. The van der Waals surface area contributed by atoms with Crippen LogP contribution in [0.5, 0.6) is 0 Å². The molecule has 0 saturated heterocycles. The molecule has 1 atom stereocenters.